The highest BCUT2D eigenvalue weighted by molar-refractivity contribution is 5.45. The van der Waals surface area contributed by atoms with Crippen LogP contribution in [0.1, 0.15) is 52.9 Å². The first-order valence-electron chi connectivity index (χ1n) is 8.42. The van der Waals surface area contributed by atoms with Crippen molar-refractivity contribution in [3.63, 3.8) is 0 Å². The molecule has 0 aromatic heterocycles. The standard InChI is InChI=1S/C19H32N2/c1-18(2,3)20-15-19(13-9-6-10-14-19)16-21(4)17-11-7-5-8-12-17/h5,7-8,11-12,20H,6,9-10,13-16H2,1-4H3. The molecule has 1 saturated carbocycles. The van der Waals surface area contributed by atoms with Gasteiger partial charge in [-0.1, -0.05) is 37.5 Å². The van der Waals surface area contributed by atoms with Gasteiger partial charge in [0.1, 0.15) is 0 Å². The molecule has 1 N–H and O–H groups in total. The highest BCUT2D eigenvalue weighted by Crippen LogP contribution is 2.37. The molecule has 1 fully saturated rings. The minimum atomic E-state index is 0.204. The first-order chi connectivity index (χ1) is 9.90. The summed E-state index contributed by atoms with van der Waals surface area (Å²) in [6.07, 6.45) is 6.88. The Kier molecular flexibility index (Phi) is 5.32. The fraction of sp³-hybridized carbons (Fsp3) is 0.684. The third-order valence-corrected chi connectivity index (χ3v) is 4.68. The van der Waals surface area contributed by atoms with E-state index in [-0.39, 0.29) is 5.54 Å². The number of benzene rings is 1. The van der Waals surface area contributed by atoms with Gasteiger partial charge in [-0.25, -0.2) is 0 Å². The van der Waals surface area contributed by atoms with Gasteiger partial charge in [0.25, 0.3) is 0 Å². The van der Waals surface area contributed by atoms with Crippen molar-refractivity contribution in [2.45, 2.75) is 58.4 Å². The zero-order valence-electron chi connectivity index (χ0n) is 14.3. The molecule has 0 amide bonds. The van der Waals surface area contributed by atoms with Crippen LogP contribution >= 0.6 is 0 Å². The number of hydrogen-bond acceptors (Lipinski definition) is 2. The van der Waals surface area contributed by atoms with E-state index in [9.17, 15) is 0 Å². The molecule has 0 spiro atoms. The lowest BCUT2D eigenvalue weighted by molar-refractivity contribution is 0.173. The molecule has 2 heteroatoms. The number of anilines is 1. The quantitative estimate of drug-likeness (QED) is 0.860. The Balaban J connectivity index is 2.05. The van der Waals surface area contributed by atoms with Crippen LogP contribution in [0, 0.1) is 5.41 Å². The van der Waals surface area contributed by atoms with Gasteiger partial charge in [-0.15, -0.1) is 0 Å². The molecule has 1 aliphatic rings. The fourth-order valence-corrected chi connectivity index (χ4v) is 3.42. The van der Waals surface area contributed by atoms with Gasteiger partial charge in [0.05, 0.1) is 0 Å². The van der Waals surface area contributed by atoms with Gasteiger partial charge in [0.15, 0.2) is 0 Å². The minimum Gasteiger partial charge on any atom is -0.374 e. The zero-order valence-corrected chi connectivity index (χ0v) is 14.3. The summed E-state index contributed by atoms with van der Waals surface area (Å²) in [5, 5.41) is 3.76. The van der Waals surface area contributed by atoms with Crippen LogP contribution in [0.15, 0.2) is 30.3 Å². The molecule has 118 valence electrons. The van der Waals surface area contributed by atoms with Gasteiger partial charge in [-0.05, 0) is 45.7 Å². The Morgan fingerprint density at radius 1 is 1.05 bits per heavy atom. The summed E-state index contributed by atoms with van der Waals surface area (Å²) in [5.74, 6) is 0. The average Bonchev–Trinajstić information content (AvgIpc) is 2.46. The lowest BCUT2D eigenvalue weighted by Crippen LogP contribution is -2.49. The van der Waals surface area contributed by atoms with E-state index >= 15 is 0 Å². The van der Waals surface area contributed by atoms with Crippen molar-refractivity contribution in [1.29, 1.82) is 0 Å². The molecule has 0 aliphatic heterocycles. The van der Waals surface area contributed by atoms with Crippen molar-refractivity contribution in [3.8, 4) is 0 Å². The summed E-state index contributed by atoms with van der Waals surface area (Å²) < 4.78 is 0. The molecule has 0 atom stereocenters. The normalized spacial score (nSPS) is 18.5. The maximum atomic E-state index is 3.76. The molecule has 2 nitrogen and oxygen atoms in total. The van der Waals surface area contributed by atoms with Crippen LogP contribution in [0.2, 0.25) is 0 Å². The van der Waals surface area contributed by atoms with Crippen molar-refractivity contribution in [3.05, 3.63) is 30.3 Å². The molecule has 2 rings (SSSR count). The molecule has 0 bridgehead atoms. The van der Waals surface area contributed by atoms with Crippen LogP contribution in [0.3, 0.4) is 0 Å². The Hall–Kier alpha value is -1.02. The van der Waals surface area contributed by atoms with Gasteiger partial charge < -0.3 is 10.2 Å². The third kappa shape index (κ3) is 5.03. The number of rotatable bonds is 5. The second-order valence-corrected chi connectivity index (χ2v) is 7.86. The third-order valence-electron chi connectivity index (χ3n) is 4.68. The number of nitrogens with one attached hydrogen (secondary N) is 1. The molecule has 1 aromatic carbocycles. The molecule has 0 saturated heterocycles. The largest absolute Gasteiger partial charge is 0.374 e. The second-order valence-electron chi connectivity index (χ2n) is 7.86. The molecule has 1 aliphatic carbocycles. The van der Waals surface area contributed by atoms with E-state index < -0.39 is 0 Å². The summed E-state index contributed by atoms with van der Waals surface area (Å²) in [4.78, 5) is 2.44. The van der Waals surface area contributed by atoms with E-state index in [1.54, 1.807) is 0 Å². The first kappa shape index (κ1) is 16.4. The highest BCUT2D eigenvalue weighted by atomic mass is 15.1. The topological polar surface area (TPSA) is 15.3 Å². The summed E-state index contributed by atoms with van der Waals surface area (Å²) in [6.45, 7) is 9.09. The fourth-order valence-electron chi connectivity index (χ4n) is 3.42. The van der Waals surface area contributed by atoms with Crippen molar-refractivity contribution >= 4 is 5.69 Å². The summed E-state index contributed by atoms with van der Waals surface area (Å²) in [5.41, 5.74) is 1.96. The number of para-hydroxylation sites is 1. The summed E-state index contributed by atoms with van der Waals surface area (Å²) >= 11 is 0. The average molecular weight is 288 g/mol. The van der Waals surface area contributed by atoms with Crippen molar-refractivity contribution in [2.24, 2.45) is 5.41 Å². The Bertz CT molecular complexity index is 413. The first-order valence-corrected chi connectivity index (χ1v) is 8.42. The van der Waals surface area contributed by atoms with Crippen molar-refractivity contribution < 1.29 is 0 Å². The molecule has 0 heterocycles. The predicted octanol–water partition coefficient (Wildman–Crippen LogP) is 4.46. The second kappa shape index (κ2) is 6.83. The smallest absolute Gasteiger partial charge is 0.0363 e. The van der Waals surface area contributed by atoms with Crippen LogP contribution in [0.25, 0.3) is 0 Å². The van der Waals surface area contributed by atoms with Gasteiger partial charge >= 0.3 is 0 Å². The van der Waals surface area contributed by atoms with E-state index in [4.69, 9.17) is 0 Å². The molecular weight excluding hydrogens is 256 g/mol. The molecule has 21 heavy (non-hydrogen) atoms. The van der Waals surface area contributed by atoms with Crippen LogP contribution in [-0.4, -0.2) is 25.7 Å². The van der Waals surface area contributed by atoms with E-state index in [1.807, 2.05) is 0 Å². The monoisotopic (exact) mass is 288 g/mol. The highest BCUT2D eigenvalue weighted by Gasteiger charge is 2.34. The Morgan fingerprint density at radius 3 is 2.24 bits per heavy atom. The van der Waals surface area contributed by atoms with Crippen LogP contribution in [0.5, 0.6) is 0 Å². The maximum absolute atomic E-state index is 3.76. The van der Waals surface area contributed by atoms with Gasteiger partial charge in [-0.2, -0.15) is 0 Å². The van der Waals surface area contributed by atoms with E-state index in [1.165, 1.54) is 37.8 Å². The van der Waals surface area contributed by atoms with Crippen molar-refractivity contribution in [1.82, 2.24) is 5.32 Å². The molecular formula is C19H32N2. The lowest BCUT2D eigenvalue weighted by atomic mass is 9.73. The Labute approximate surface area is 130 Å². The molecule has 0 radical (unpaired) electrons. The maximum Gasteiger partial charge on any atom is 0.0363 e. The Morgan fingerprint density at radius 2 is 1.67 bits per heavy atom. The number of nitrogens with zero attached hydrogens (tertiary/aromatic N) is 1. The van der Waals surface area contributed by atoms with Gasteiger partial charge in [0.2, 0.25) is 0 Å². The van der Waals surface area contributed by atoms with Crippen molar-refractivity contribution in [2.75, 3.05) is 25.0 Å². The van der Waals surface area contributed by atoms with E-state index in [0.717, 1.165) is 13.1 Å². The zero-order chi connectivity index (χ0) is 15.3. The minimum absolute atomic E-state index is 0.204. The lowest BCUT2D eigenvalue weighted by Gasteiger charge is -2.42. The summed E-state index contributed by atoms with van der Waals surface area (Å²) in [6, 6.07) is 10.8. The van der Waals surface area contributed by atoms with Crippen LogP contribution < -0.4 is 10.2 Å². The van der Waals surface area contributed by atoms with Gasteiger partial charge in [0, 0.05) is 36.8 Å². The van der Waals surface area contributed by atoms with Crippen LogP contribution in [-0.2, 0) is 0 Å². The number of hydrogen-bond donors (Lipinski definition) is 1. The molecule has 0 unspecified atom stereocenters. The van der Waals surface area contributed by atoms with E-state index in [0.29, 0.717) is 5.41 Å². The van der Waals surface area contributed by atoms with Crippen LogP contribution in [0.4, 0.5) is 5.69 Å². The molecule has 1 aromatic rings. The van der Waals surface area contributed by atoms with Gasteiger partial charge in [-0.3, -0.25) is 0 Å². The predicted molar refractivity (Wildman–Crippen MR) is 93.0 cm³/mol. The SMILES string of the molecule is CN(CC1(CNC(C)(C)C)CCCCC1)c1ccccc1. The van der Waals surface area contributed by atoms with E-state index in [2.05, 4.69) is 68.4 Å². The summed E-state index contributed by atoms with van der Waals surface area (Å²) in [7, 11) is 2.24.